The predicted octanol–water partition coefficient (Wildman–Crippen LogP) is 1.39. The van der Waals surface area contributed by atoms with Crippen molar-refractivity contribution < 1.29 is 4.79 Å². The molecule has 1 aliphatic rings. The average molecular weight is 266 g/mol. The van der Waals surface area contributed by atoms with Gasteiger partial charge < -0.3 is 10.6 Å². The van der Waals surface area contributed by atoms with Gasteiger partial charge in [-0.15, -0.1) is 0 Å². The summed E-state index contributed by atoms with van der Waals surface area (Å²) >= 11 is 1.45. The van der Waals surface area contributed by atoms with Crippen molar-refractivity contribution in [2.45, 2.75) is 31.7 Å². The lowest BCUT2D eigenvalue weighted by Gasteiger charge is -2.15. The third kappa shape index (κ3) is 2.93. The second-order valence-electron chi connectivity index (χ2n) is 4.46. The molecule has 0 spiro atoms. The molecule has 1 aromatic heterocycles. The molecule has 1 saturated heterocycles. The number of carbonyl (C=O) groups excluding carboxylic acids is 1. The minimum Gasteiger partial charge on any atom is -0.383 e. The highest BCUT2D eigenvalue weighted by Gasteiger charge is 2.18. The zero-order valence-corrected chi connectivity index (χ0v) is 11.6. The first-order valence-electron chi connectivity index (χ1n) is 6.09. The molecule has 0 bridgehead atoms. The van der Waals surface area contributed by atoms with Gasteiger partial charge in [-0.05, 0) is 26.7 Å². The maximum absolute atomic E-state index is 11.9. The van der Waals surface area contributed by atoms with Crippen molar-refractivity contribution in [1.82, 2.24) is 14.9 Å². The van der Waals surface area contributed by atoms with Crippen LogP contribution in [0.25, 0.3) is 0 Å². The molecule has 1 fully saturated rings. The van der Waals surface area contributed by atoms with E-state index in [4.69, 9.17) is 5.73 Å². The van der Waals surface area contributed by atoms with Crippen LogP contribution in [-0.4, -0.2) is 39.6 Å². The normalized spacial score (nSPS) is 15.1. The topological polar surface area (TPSA) is 72.1 Å². The van der Waals surface area contributed by atoms with E-state index in [1.807, 2.05) is 18.7 Å². The van der Waals surface area contributed by atoms with Crippen LogP contribution in [0.1, 0.15) is 24.2 Å². The first kappa shape index (κ1) is 13.1. The Morgan fingerprint density at radius 3 is 2.67 bits per heavy atom. The molecule has 0 aliphatic carbocycles. The molecule has 6 heteroatoms. The monoisotopic (exact) mass is 266 g/mol. The Hall–Kier alpha value is -1.30. The summed E-state index contributed by atoms with van der Waals surface area (Å²) in [5.41, 5.74) is 6.65. The highest BCUT2D eigenvalue weighted by molar-refractivity contribution is 7.99. The highest BCUT2D eigenvalue weighted by Crippen LogP contribution is 2.24. The smallest absolute Gasteiger partial charge is 0.232 e. The maximum atomic E-state index is 11.9. The first-order chi connectivity index (χ1) is 8.58. The number of anilines is 1. The highest BCUT2D eigenvalue weighted by atomic mass is 32.2. The molecule has 98 valence electrons. The minimum atomic E-state index is 0.187. The number of aromatic nitrogens is 2. The van der Waals surface area contributed by atoms with E-state index in [2.05, 4.69) is 9.97 Å². The summed E-state index contributed by atoms with van der Waals surface area (Å²) in [5.74, 6) is 1.76. The van der Waals surface area contributed by atoms with Gasteiger partial charge in [0, 0.05) is 18.7 Å². The summed E-state index contributed by atoms with van der Waals surface area (Å²) < 4.78 is 0. The third-order valence-corrected chi connectivity index (χ3v) is 4.10. The summed E-state index contributed by atoms with van der Waals surface area (Å²) in [6.07, 6.45) is 2.24. The van der Waals surface area contributed by atoms with Crippen molar-refractivity contribution in [2.75, 3.05) is 24.6 Å². The van der Waals surface area contributed by atoms with Crippen molar-refractivity contribution >= 4 is 23.5 Å². The molecule has 2 N–H and O–H groups in total. The third-order valence-electron chi connectivity index (χ3n) is 3.04. The number of nitrogen functional groups attached to an aromatic ring is 1. The largest absolute Gasteiger partial charge is 0.383 e. The lowest BCUT2D eigenvalue weighted by Crippen LogP contribution is -2.29. The Labute approximate surface area is 111 Å². The number of carbonyl (C=O) groups is 1. The quantitative estimate of drug-likeness (QED) is 0.661. The van der Waals surface area contributed by atoms with Crippen LogP contribution in [0.3, 0.4) is 0 Å². The fraction of sp³-hybridized carbons (Fsp3) is 0.583. The SMILES string of the molecule is Cc1nc(N)c(C)c(SCC(=O)N2CCCC2)n1. The molecule has 5 nitrogen and oxygen atoms in total. The fourth-order valence-electron chi connectivity index (χ4n) is 1.95. The van der Waals surface area contributed by atoms with E-state index in [-0.39, 0.29) is 5.91 Å². The van der Waals surface area contributed by atoms with Crippen LogP contribution in [0, 0.1) is 13.8 Å². The van der Waals surface area contributed by atoms with E-state index >= 15 is 0 Å². The second-order valence-corrected chi connectivity index (χ2v) is 5.43. The average Bonchev–Trinajstić information content (AvgIpc) is 2.85. The van der Waals surface area contributed by atoms with E-state index in [1.54, 1.807) is 0 Å². The number of nitrogens with zero attached hydrogens (tertiary/aromatic N) is 3. The lowest BCUT2D eigenvalue weighted by molar-refractivity contribution is -0.127. The van der Waals surface area contributed by atoms with Gasteiger partial charge in [0.05, 0.1) is 5.75 Å². The number of thioether (sulfide) groups is 1. The first-order valence-corrected chi connectivity index (χ1v) is 7.08. The van der Waals surface area contributed by atoms with Crippen molar-refractivity contribution in [3.8, 4) is 0 Å². The van der Waals surface area contributed by atoms with Crippen molar-refractivity contribution in [2.24, 2.45) is 0 Å². The van der Waals surface area contributed by atoms with E-state index in [0.717, 1.165) is 36.5 Å². The van der Waals surface area contributed by atoms with Gasteiger partial charge >= 0.3 is 0 Å². The molecule has 1 amide bonds. The Kier molecular flexibility index (Phi) is 4.06. The van der Waals surface area contributed by atoms with Crippen LogP contribution in [0.15, 0.2) is 5.03 Å². The molecule has 0 aromatic carbocycles. The molecule has 2 heterocycles. The number of likely N-dealkylation sites (tertiary alicyclic amines) is 1. The summed E-state index contributed by atoms with van der Waals surface area (Å²) in [6, 6.07) is 0. The molecule has 0 radical (unpaired) electrons. The summed E-state index contributed by atoms with van der Waals surface area (Å²) in [4.78, 5) is 22.3. The van der Waals surface area contributed by atoms with Gasteiger partial charge in [-0.1, -0.05) is 11.8 Å². The summed E-state index contributed by atoms with van der Waals surface area (Å²) in [5, 5.41) is 0.813. The van der Waals surface area contributed by atoms with Gasteiger partial charge in [0.25, 0.3) is 0 Å². The van der Waals surface area contributed by atoms with Gasteiger partial charge in [-0.3, -0.25) is 4.79 Å². The van der Waals surface area contributed by atoms with Crippen LogP contribution in [0.4, 0.5) is 5.82 Å². The zero-order chi connectivity index (χ0) is 13.1. The second kappa shape index (κ2) is 5.56. The van der Waals surface area contributed by atoms with Gasteiger partial charge in [0.1, 0.15) is 16.7 Å². The molecule has 0 saturated carbocycles. The molecule has 18 heavy (non-hydrogen) atoms. The van der Waals surface area contributed by atoms with Crippen LogP contribution in [0.2, 0.25) is 0 Å². The predicted molar refractivity (Wildman–Crippen MR) is 72.5 cm³/mol. The van der Waals surface area contributed by atoms with E-state index < -0.39 is 0 Å². The number of hydrogen-bond acceptors (Lipinski definition) is 5. The van der Waals surface area contributed by atoms with Crippen LogP contribution in [-0.2, 0) is 4.79 Å². The van der Waals surface area contributed by atoms with Gasteiger partial charge in [-0.25, -0.2) is 9.97 Å². The Morgan fingerprint density at radius 2 is 2.00 bits per heavy atom. The molecular weight excluding hydrogens is 248 g/mol. The number of amides is 1. The van der Waals surface area contributed by atoms with E-state index in [0.29, 0.717) is 17.4 Å². The zero-order valence-electron chi connectivity index (χ0n) is 10.8. The van der Waals surface area contributed by atoms with E-state index in [1.165, 1.54) is 11.8 Å². The Bertz CT molecular complexity index is 458. The van der Waals surface area contributed by atoms with Crippen molar-refractivity contribution in [1.29, 1.82) is 0 Å². The molecule has 1 aromatic rings. The summed E-state index contributed by atoms with van der Waals surface area (Å²) in [7, 11) is 0. The van der Waals surface area contributed by atoms with Gasteiger partial charge in [0.15, 0.2) is 0 Å². The maximum Gasteiger partial charge on any atom is 0.232 e. The van der Waals surface area contributed by atoms with Crippen LogP contribution < -0.4 is 5.73 Å². The summed E-state index contributed by atoms with van der Waals surface area (Å²) in [6.45, 7) is 5.48. The molecule has 1 aliphatic heterocycles. The number of aryl methyl sites for hydroxylation is 1. The van der Waals surface area contributed by atoms with Crippen LogP contribution >= 0.6 is 11.8 Å². The number of hydrogen-bond donors (Lipinski definition) is 1. The fourth-order valence-corrected chi connectivity index (χ4v) is 2.91. The van der Waals surface area contributed by atoms with Gasteiger partial charge in [0.2, 0.25) is 5.91 Å². The molecule has 0 atom stereocenters. The Balaban J connectivity index is 1.99. The Morgan fingerprint density at radius 1 is 1.33 bits per heavy atom. The molecular formula is C12H18N4OS. The number of nitrogens with two attached hydrogens (primary N) is 1. The van der Waals surface area contributed by atoms with Gasteiger partial charge in [-0.2, -0.15) is 0 Å². The van der Waals surface area contributed by atoms with Crippen molar-refractivity contribution in [3.63, 3.8) is 0 Å². The van der Waals surface area contributed by atoms with Crippen LogP contribution in [0.5, 0.6) is 0 Å². The lowest BCUT2D eigenvalue weighted by atomic mass is 10.3. The molecule has 0 unspecified atom stereocenters. The standard InChI is InChI=1S/C12H18N4OS/c1-8-11(13)14-9(2)15-12(8)18-7-10(17)16-5-3-4-6-16/h3-7H2,1-2H3,(H2,13,14,15). The molecule has 2 rings (SSSR count). The number of rotatable bonds is 3. The minimum absolute atomic E-state index is 0.187. The van der Waals surface area contributed by atoms with Crippen molar-refractivity contribution in [3.05, 3.63) is 11.4 Å². The van der Waals surface area contributed by atoms with E-state index in [9.17, 15) is 4.79 Å².